The molecule has 1 amide bonds. The van der Waals surface area contributed by atoms with Crippen molar-refractivity contribution in [3.63, 3.8) is 0 Å². The van der Waals surface area contributed by atoms with Crippen molar-refractivity contribution in [3.8, 4) is 0 Å². The van der Waals surface area contributed by atoms with Crippen molar-refractivity contribution in [2.45, 2.75) is 50.3 Å². The molecule has 23 heavy (non-hydrogen) atoms. The van der Waals surface area contributed by atoms with Crippen LogP contribution in [0.3, 0.4) is 0 Å². The Hall–Kier alpha value is -1.83. The molecule has 0 aromatic carbocycles. The number of ether oxygens (including phenoxy) is 1. The molecule has 0 bridgehead atoms. The summed E-state index contributed by atoms with van der Waals surface area (Å²) in [6.45, 7) is 6.26. The Bertz CT molecular complexity index is 571. The predicted molar refractivity (Wildman–Crippen MR) is 87.6 cm³/mol. The number of carbonyl (C=O) groups is 1. The first-order valence-electron chi connectivity index (χ1n) is 7.49. The highest BCUT2D eigenvalue weighted by atomic mass is 32.2. The highest BCUT2D eigenvalue weighted by Crippen LogP contribution is 2.27. The van der Waals surface area contributed by atoms with Crippen molar-refractivity contribution in [2.24, 2.45) is 0 Å². The molecule has 1 saturated heterocycles. The maximum absolute atomic E-state index is 12.2. The van der Waals surface area contributed by atoms with Gasteiger partial charge in [0.25, 0.3) is 5.69 Å². The van der Waals surface area contributed by atoms with Gasteiger partial charge in [-0.25, -0.2) is 9.78 Å². The van der Waals surface area contributed by atoms with Gasteiger partial charge in [-0.05, 0) is 39.7 Å². The highest BCUT2D eigenvalue weighted by Gasteiger charge is 2.32. The van der Waals surface area contributed by atoms with Gasteiger partial charge >= 0.3 is 6.09 Å². The van der Waals surface area contributed by atoms with E-state index < -0.39 is 10.5 Å². The largest absolute Gasteiger partial charge is 0.444 e. The van der Waals surface area contributed by atoms with Gasteiger partial charge in [-0.15, -0.1) is 11.8 Å². The van der Waals surface area contributed by atoms with Crippen LogP contribution >= 0.6 is 11.8 Å². The zero-order chi connectivity index (χ0) is 17.0. The maximum Gasteiger partial charge on any atom is 0.410 e. The molecule has 0 N–H and O–H groups in total. The third kappa shape index (κ3) is 5.09. The van der Waals surface area contributed by atoms with E-state index in [0.29, 0.717) is 17.3 Å². The molecule has 2 heterocycles. The summed E-state index contributed by atoms with van der Waals surface area (Å²) in [4.78, 5) is 28.2. The summed E-state index contributed by atoms with van der Waals surface area (Å²) < 4.78 is 5.43. The second kappa shape index (κ2) is 7.16. The average molecular weight is 339 g/mol. The molecule has 0 spiro atoms. The van der Waals surface area contributed by atoms with E-state index in [2.05, 4.69) is 4.98 Å². The van der Waals surface area contributed by atoms with Crippen LogP contribution in [0.2, 0.25) is 0 Å². The van der Waals surface area contributed by atoms with Crippen LogP contribution in [0.1, 0.15) is 33.6 Å². The molecule has 1 fully saturated rings. The Labute approximate surface area is 139 Å². The Morgan fingerprint density at radius 2 is 2.26 bits per heavy atom. The van der Waals surface area contributed by atoms with Crippen LogP contribution in [0, 0.1) is 10.1 Å². The van der Waals surface area contributed by atoms with E-state index in [1.54, 1.807) is 11.0 Å². The first-order chi connectivity index (χ1) is 10.8. The van der Waals surface area contributed by atoms with Crippen LogP contribution in [0.5, 0.6) is 0 Å². The van der Waals surface area contributed by atoms with Gasteiger partial charge < -0.3 is 9.64 Å². The zero-order valence-electron chi connectivity index (χ0n) is 13.5. The van der Waals surface area contributed by atoms with E-state index in [0.717, 1.165) is 12.8 Å². The molecule has 1 aliphatic heterocycles. The second-order valence-electron chi connectivity index (χ2n) is 6.39. The number of rotatable bonds is 4. The lowest BCUT2D eigenvalue weighted by Crippen LogP contribution is -2.40. The summed E-state index contributed by atoms with van der Waals surface area (Å²) >= 11 is 1.49. The molecule has 1 aromatic rings. The van der Waals surface area contributed by atoms with E-state index >= 15 is 0 Å². The minimum Gasteiger partial charge on any atom is -0.444 e. The number of nitro groups is 1. The molecule has 0 saturated carbocycles. The fourth-order valence-electron chi connectivity index (χ4n) is 2.32. The van der Waals surface area contributed by atoms with Crippen LogP contribution in [0.4, 0.5) is 10.5 Å². The van der Waals surface area contributed by atoms with E-state index in [1.165, 1.54) is 24.0 Å². The number of amides is 1. The van der Waals surface area contributed by atoms with E-state index in [-0.39, 0.29) is 17.8 Å². The standard InChI is InChI=1S/C15H21N3O4S/c1-15(2,3)22-14(19)17-8-4-5-12(17)10-23-13-7-6-11(9-16-13)18(20)21/h6-7,9,12H,4-5,8,10H2,1-3H3/t12-/m0/s1. The number of pyridine rings is 1. The van der Waals surface area contributed by atoms with Crippen LogP contribution in [0.15, 0.2) is 23.4 Å². The monoisotopic (exact) mass is 339 g/mol. The van der Waals surface area contributed by atoms with Crippen molar-refractivity contribution >= 4 is 23.5 Å². The van der Waals surface area contributed by atoms with Gasteiger partial charge in [-0.3, -0.25) is 10.1 Å². The van der Waals surface area contributed by atoms with E-state index in [1.807, 2.05) is 20.8 Å². The topological polar surface area (TPSA) is 85.6 Å². The molecule has 1 aliphatic rings. The number of nitrogens with zero attached hydrogens (tertiary/aromatic N) is 3. The van der Waals surface area contributed by atoms with Crippen LogP contribution in [0.25, 0.3) is 0 Å². The molecular weight excluding hydrogens is 318 g/mol. The van der Waals surface area contributed by atoms with Crippen LogP contribution in [-0.2, 0) is 4.74 Å². The van der Waals surface area contributed by atoms with Crippen molar-refractivity contribution in [1.82, 2.24) is 9.88 Å². The van der Waals surface area contributed by atoms with Crippen LogP contribution in [-0.4, -0.2) is 44.8 Å². The lowest BCUT2D eigenvalue weighted by Gasteiger charge is -2.28. The molecule has 0 radical (unpaired) electrons. The van der Waals surface area contributed by atoms with Gasteiger partial charge in [0.1, 0.15) is 11.8 Å². The quantitative estimate of drug-likeness (QED) is 0.474. The third-order valence-electron chi connectivity index (χ3n) is 3.36. The molecule has 2 rings (SSSR count). The summed E-state index contributed by atoms with van der Waals surface area (Å²) in [5.41, 5.74) is -0.525. The smallest absolute Gasteiger partial charge is 0.410 e. The van der Waals surface area contributed by atoms with E-state index in [4.69, 9.17) is 4.74 Å². The highest BCUT2D eigenvalue weighted by molar-refractivity contribution is 7.99. The number of likely N-dealkylation sites (tertiary alicyclic amines) is 1. The summed E-state index contributed by atoms with van der Waals surface area (Å²) in [5, 5.41) is 11.3. The van der Waals surface area contributed by atoms with E-state index in [9.17, 15) is 14.9 Å². The Morgan fingerprint density at radius 3 is 2.83 bits per heavy atom. The number of hydrogen-bond donors (Lipinski definition) is 0. The number of aromatic nitrogens is 1. The lowest BCUT2D eigenvalue weighted by molar-refractivity contribution is -0.385. The fraction of sp³-hybridized carbons (Fsp3) is 0.600. The molecule has 1 atom stereocenters. The summed E-state index contributed by atoms with van der Waals surface area (Å²) in [6, 6.07) is 3.18. The molecule has 7 nitrogen and oxygen atoms in total. The van der Waals surface area contributed by atoms with Gasteiger partial charge in [-0.1, -0.05) is 0 Å². The molecule has 8 heteroatoms. The van der Waals surface area contributed by atoms with Crippen molar-refractivity contribution in [3.05, 3.63) is 28.4 Å². The Kier molecular flexibility index (Phi) is 5.46. The molecule has 0 unspecified atom stereocenters. The summed E-state index contributed by atoms with van der Waals surface area (Å²) in [6.07, 6.45) is 2.86. The summed E-state index contributed by atoms with van der Waals surface area (Å²) in [7, 11) is 0. The minimum atomic E-state index is -0.503. The Balaban J connectivity index is 1.91. The zero-order valence-corrected chi connectivity index (χ0v) is 14.3. The number of carbonyl (C=O) groups excluding carboxylic acids is 1. The lowest BCUT2D eigenvalue weighted by atomic mass is 10.2. The molecular formula is C15H21N3O4S. The van der Waals surface area contributed by atoms with Gasteiger partial charge in [0.2, 0.25) is 0 Å². The van der Waals surface area contributed by atoms with Gasteiger partial charge in [0.15, 0.2) is 0 Å². The van der Waals surface area contributed by atoms with Gasteiger partial charge in [0.05, 0.1) is 9.95 Å². The third-order valence-corrected chi connectivity index (χ3v) is 4.45. The van der Waals surface area contributed by atoms with Crippen LogP contribution < -0.4 is 0 Å². The number of thioether (sulfide) groups is 1. The average Bonchev–Trinajstić information content (AvgIpc) is 2.92. The van der Waals surface area contributed by atoms with Crippen molar-refractivity contribution < 1.29 is 14.5 Å². The first kappa shape index (κ1) is 17.5. The van der Waals surface area contributed by atoms with Gasteiger partial charge in [-0.2, -0.15) is 0 Å². The maximum atomic E-state index is 12.2. The normalized spacial score (nSPS) is 18.0. The molecule has 1 aromatic heterocycles. The predicted octanol–water partition coefficient (Wildman–Crippen LogP) is 3.48. The second-order valence-corrected chi connectivity index (χ2v) is 7.43. The van der Waals surface area contributed by atoms with Crippen molar-refractivity contribution in [2.75, 3.05) is 12.3 Å². The number of hydrogen-bond acceptors (Lipinski definition) is 6. The first-order valence-corrected chi connectivity index (χ1v) is 8.48. The SMILES string of the molecule is CC(C)(C)OC(=O)N1CCC[C@H]1CSc1ccc([N+](=O)[O-])cn1. The van der Waals surface area contributed by atoms with Gasteiger partial charge in [0, 0.05) is 24.4 Å². The summed E-state index contributed by atoms with van der Waals surface area (Å²) in [5.74, 6) is 0.698. The molecule has 0 aliphatic carbocycles. The van der Waals surface area contributed by atoms with Crippen molar-refractivity contribution in [1.29, 1.82) is 0 Å². The Morgan fingerprint density at radius 1 is 1.52 bits per heavy atom. The minimum absolute atomic E-state index is 0.0226. The fourth-order valence-corrected chi connectivity index (χ4v) is 3.32. The molecule has 126 valence electrons.